The second-order valence-electron chi connectivity index (χ2n) is 14.5. The van der Waals surface area contributed by atoms with Crippen molar-refractivity contribution < 1.29 is 63.1 Å². The molecule has 1 saturated carbocycles. The summed E-state index contributed by atoms with van der Waals surface area (Å²) in [4.78, 5) is 35.4. The van der Waals surface area contributed by atoms with Crippen LogP contribution in [0.15, 0.2) is 12.2 Å². The molecule has 0 radical (unpaired) electrons. The van der Waals surface area contributed by atoms with Crippen LogP contribution < -0.4 is 0 Å². The molecule has 1 rings (SSSR count). The van der Waals surface area contributed by atoms with Crippen LogP contribution in [-0.4, -0.2) is 98.3 Å². The van der Waals surface area contributed by atoms with Crippen molar-refractivity contribution in [3.05, 3.63) is 12.2 Å². The fourth-order valence-electron chi connectivity index (χ4n) is 6.22. The molecule has 53 heavy (non-hydrogen) atoms. The van der Waals surface area contributed by atoms with Crippen LogP contribution in [-0.2, 0) is 32.7 Å². The zero-order valence-electron chi connectivity index (χ0n) is 32.6. The Morgan fingerprint density at radius 2 is 0.962 bits per heavy atom. The van der Waals surface area contributed by atoms with Crippen molar-refractivity contribution in [1.29, 1.82) is 0 Å². The first-order valence-electron chi connectivity index (χ1n) is 20.5. The van der Waals surface area contributed by atoms with E-state index >= 15 is 0 Å². The summed E-state index contributed by atoms with van der Waals surface area (Å²) in [6.45, 7) is 3.24. The summed E-state index contributed by atoms with van der Waals surface area (Å²) in [6, 6.07) is 0. The Labute approximate surface area is 318 Å². The summed E-state index contributed by atoms with van der Waals surface area (Å²) in [5.41, 5.74) is 0. The number of esters is 2. The fourth-order valence-corrected chi connectivity index (χ4v) is 7.19. The van der Waals surface area contributed by atoms with Gasteiger partial charge in [-0.25, -0.2) is 4.57 Å². The molecule has 1 aliphatic rings. The SMILES string of the molecule is CCCCCCCC/C=C/CCCCCCCC(=O)O[C@H](COC(=O)CCCCCCCCCCC)COP(=O)(O)OC1C(O)C(O)C(O)[C@H](O)C1O. The minimum atomic E-state index is -5.11. The van der Waals surface area contributed by atoms with Crippen LogP contribution in [0.4, 0.5) is 0 Å². The Morgan fingerprint density at radius 3 is 1.43 bits per heavy atom. The van der Waals surface area contributed by atoms with E-state index in [1.54, 1.807) is 0 Å². The number of phosphoric acid groups is 1. The number of unbranched alkanes of at least 4 members (excludes halogenated alkanes) is 19. The Kier molecular flexibility index (Phi) is 28.8. The standard InChI is InChI=1S/C39H73O13P/c1-3-5-7-9-11-13-14-15-16-17-18-20-22-24-26-28-33(41)51-31(29-49-32(40)27-25-23-21-19-12-10-8-6-4-2)30-50-53(47,48)52-39-37(45)35(43)34(42)36(44)38(39)46/h15-16,31,34-39,42-46H,3-14,17-30H2,1-2H3,(H,47,48)/b16-15+/t31-,34?,35+,36?,37?,38?,39?/m1/s1. The first-order chi connectivity index (χ1) is 25.4. The number of phosphoric ester groups is 1. The minimum Gasteiger partial charge on any atom is -0.462 e. The number of ether oxygens (including phenoxy) is 2. The lowest BCUT2D eigenvalue weighted by atomic mass is 9.85. The Hall–Kier alpha value is -1.41. The van der Waals surface area contributed by atoms with Crippen molar-refractivity contribution in [3.8, 4) is 0 Å². The molecule has 0 aromatic carbocycles. The topological polar surface area (TPSA) is 210 Å². The maximum absolute atomic E-state index is 12.7. The molecule has 0 bridgehead atoms. The number of rotatable bonds is 33. The van der Waals surface area contributed by atoms with E-state index in [2.05, 4.69) is 26.0 Å². The lowest BCUT2D eigenvalue weighted by molar-refractivity contribution is -0.220. The normalized spacial score (nSPS) is 23.5. The van der Waals surface area contributed by atoms with Crippen LogP contribution in [0.1, 0.15) is 168 Å². The first-order valence-corrected chi connectivity index (χ1v) is 22.0. The fraction of sp³-hybridized carbons (Fsp3) is 0.897. The minimum absolute atomic E-state index is 0.0902. The average molecular weight is 781 g/mol. The Balaban J connectivity index is 2.51. The number of aliphatic hydroxyl groups excluding tert-OH is 5. The maximum atomic E-state index is 12.7. The van der Waals surface area contributed by atoms with Crippen LogP contribution in [0, 0.1) is 0 Å². The highest BCUT2D eigenvalue weighted by Crippen LogP contribution is 2.47. The number of carbonyl (C=O) groups excluding carboxylic acids is 2. The van der Waals surface area contributed by atoms with Crippen molar-refractivity contribution in [2.45, 2.75) is 211 Å². The van der Waals surface area contributed by atoms with Crippen LogP contribution in [0.25, 0.3) is 0 Å². The van der Waals surface area contributed by atoms with Crippen LogP contribution >= 0.6 is 7.82 Å². The van der Waals surface area contributed by atoms with E-state index in [0.29, 0.717) is 12.8 Å². The first kappa shape index (κ1) is 49.6. The third kappa shape index (κ3) is 24.0. The van der Waals surface area contributed by atoms with Gasteiger partial charge in [-0.2, -0.15) is 0 Å². The van der Waals surface area contributed by atoms with Crippen molar-refractivity contribution in [1.82, 2.24) is 0 Å². The second kappa shape index (κ2) is 30.8. The van der Waals surface area contributed by atoms with Crippen molar-refractivity contribution in [2.24, 2.45) is 0 Å². The largest absolute Gasteiger partial charge is 0.472 e. The monoisotopic (exact) mass is 780 g/mol. The van der Waals surface area contributed by atoms with Gasteiger partial charge in [0.05, 0.1) is 6.61 Å². The Morgan fingerprint density at radius 1 is 0.566 bits per heavy atom. The molecule has 0 saturated heterocycles. The lowest BCUT2D eigenvalue weighted by Gasteiger charge is -2.41. The van der Waals surface area contributed by atoms with Gasteiger partial charge in [-0.15, -0.1) is 0 Å². The van der Waals surface area contributed by atoms with E-state index in [4.69, 9.17) is 18.5 Å². The highest BCUT2D eigenvalue weighted by molar-refractivity contribution is 7.47. The third-order valence-corrected chi connectivity index (χ3v) is 10.6. The summed E-state index contributed by atoms with van der Waals surface area (Å²) in [5.74, 6) is -1.11. The number of aliphatic hydroxyl groups is 5. The van der Waals surface area contributed by atoms with E-state index in [0.717, 1.165) is 57.8 Å². The van der Waals surface area contributed by atoms with Crippen molar-refractivity contribution >= 4 is 19.8 Å². The molecule has 0 amide bonds. The summed E-state index contributed by atoms with van der Waals surface area (Å²) in [5, 5.41) is 49.9. The van der Waals surface area contributed by atoms with Crippen molar-refractivity contribution in [2.75, 3.05) is 13.2 Å². The third-order valence-electron chi connectivity index (χ3n) is 9.61. The van der Waals surface area contributed by atoms with Gasteiger partial charge < -0.3 is 39.9 Å². The smallest absolute Gasteiger partial charge is 0.462 e. The predicted octanol–water partition coefficient (Wildman–Crippen LogP) is 6.72. The quantitative estimate of drug-likeness (QED) is 0.0177. The molecule has 14 heteroatoms. The summed E-state index contributed by atoms with van der Waals surface area (Å²) < 4.78 is 33.3. The molecule has 0 aliphatic heterocycles. The zero-order chi connectivity index (χ0) is 39.3. The number of allylic oxidation sites excluding steroid dienone is 2. The molecule has 0 aromatic rings. The molecule has 1 fully saturated rings. The molecule has 0 spiro atoms. The van der Waals surface area contributed by atoms with E-state index < -0.39 is 75.7 Å². The summed E-state index contributed by atoms with van der Waals surface area (Å²) in [7, 11) is -5.11. The van der Waals surface area contributed by atoms with Gasteiger partial charge in [0, 0.05) is 12.8 Å². The van der Waals surface area contributed by atoms with Crippen LogP contribution in [0.2, 0.25) is 0 Å². The summed E-state index contributed by atoms with van der Waals surface area (Å²) in [6.07, 6.45) is 15.8. The number of hydrogen-bond acceptors (Lipinski definition) is 12. The Bertz CT molecular complexity index is 996. The van der Waals surface area contributed by atoms with Gasteiger partial charge in [-0.1, -0.05) is 129 Å². The molecule has 1 aliphatic carbocycles. The molecule has 8 atom stereocenters. The van der Waals surface area contributed by atoms with E-state index in [1.165, 1.54) is 70.6 Å². The van der Waals surface area contributed by atoms with Gasteiger partial charge in [0.2, 0.25) is 0 Å². The molecular weight excluding hydrogens is 707 g/mol. The second-order valence-corrected chi connectivity index (χ2v) is 15.9. The number of carbonyl (C=O) groups is 2. The average Bonchev–Trinajstić information content (AvgIpc) is 3.13. The van der Waals surface area contributed by atoms with Gasteiger partial charge in [0.15, 0.2) is 6.10 Å². The molecular formula is C39H73O13P. The predicted molar refractivity (Wildman–Crippen MR) is 203 cm³/mol. The van der Waals surface area contributed by atoms with E-state index in [9.17, 15) is 44.6 Å². The van der Waals surface area contributed by atoms with Gasteiger partial charge in [0.25, 0.3) is 0 Å². The van der Waals surface area contributed by atoms with Crippen LogP contribution in [0.3, 0.4) is 0 Å². The van der Waals surface area contributed by atoms with Crippen molar-refractivity contribution in [3.63, 3.8) is 0 Å². The number of hydrogen-bond donors (Lipinski definition) is 6. The molecule has 0 heterocycles. The van der Waals surface area contributed by atoms with Crippen LogP contribution in [0.5, 0.6) is 0 Å². The van der Waals surface area contributed by atoms with E-state index in [-0.39, 0.29) is 12.8 Å². The van der Waals surface area contributed by atoms with Gasteiger partial charge in [0.1, 0.15) is 43.2 Å². The summed E-state index contributed by atoms with van der Waals surface area (Å²) >= 11 is 0. The zero-order valence-corrected chi connectivity index (χ0v) is 33.5. The molecule has 6 N–H and O–H groups in total. The highest BCUT2D eigenvalue weighted by Gasteiger charge is 2.51. The lowest BCUT2D eigenvalue weighted by Crippen LogP contribution is -2.64. The van der Waals surface area contributed by atoms with Gasteiger partial charge in [-0.3, -0.25) is 18.6 Å². The molecule has 13 nitrogen and oxygen atoms in total. The molecule has 0 aromatic heterocycles. The van der Waals surface area contributed by atoms with E-state index in [1.807, 2.05) is 0 Å². The molecule has 312 valence electrons. The maximum Gasteiger partial charge on any atom is 0.472 e. The molecule has 6 unspecified atom stereocenters. The van der Waals surface area contributed by atoms with Gasteiger partial charge >= 0.3 is 19.8 Å². The van der Waals surface area contributed by atoms with Gasteiger partial charge in [-0.05, 0) is 38.5 Å². The highest BCUT2D eigenvalue weighted by atomic mass is 31.2.